The molecule has 0 atom stereocenters. The first-order valence-corrected chi connectivity index (χ1v) is 8.91. The molecule has 0 bridgehead atoms. The van der Waals surface area contributed by atoms with E-state index in [0.717, 1.165) is 38.3 Å². The Bertz CT molecular complexity index is 739. The topological polar surface area (TPSA) is 35.6 Å². The SMILES string of the molecule is O=C(CCN1CCN(c2ccccc2)CC1)Nc1ccc(C(F)(F)F)cc1. The number of hydrogen-bond acceptors (Lipinski definition) is 3. The summed E-state index contributed by atoms with van der Waals surface area (Å²) in [5, 5.41) is 2.65. The van der Waals surface area contributed by atoms with Crippen molar-refractivity contribution in [3.8, 4) is 0 Å². The van der Waals surface area contributed by atoms with Crippen LogP contribution >= 0.6 is 0 Å². The zero-order chi connectivity index (χ0) is 19.3. The minimum absolute atomic E-state index is 0.194. The number of para-hydroxylation sites is 1. The molecule has 7 heteroatoms. The van der Waals surface area contributed by atoms with Crippen LogP contribution in [0.4, 0.5) is 24.5 Å². The number of carbonyl (C=O) groups excluding carboxylic acids is 1. The van der Waals surface area contributed by atoms with Crippen molar-refractivity contribution in [3.05, 3.63) is 60.2 Å². The molecule has 0 saturated carbocycles. The Hall–Kier alpha value is -2.54. The van der Waals surface area contributed by atoms with Gasteiger partial charge in [-0.15, -0.1) is 0 Å². The quantitative estimate of drug-likeness (QED) is 0.860. The van der Waals surface area contributed by atoms with Crippen LogP contribution in [0, 0.1) is 0 Å². The van der Waals surface area contributed by atoms with Gasteiger partial charge in [-0.05, 0) is 36.4 Å². The maximum absolute atomic E-state index is 12.5. The number of carbonyl (C=O) groups is 1. The van der Waals surface area contributed by atoms with Gasteiger partial charge in [-0.1, -0.05) is 18.2 Å². The lowest BCUT2D eigenvalue weighted by Crippen LogP contribution is -2.47. The number of benzene rings is 2. The van der Waals surface area contributed by atoms with Crippen molar-refractivity contribution in [1.82, 2.24) is 4.90 Å². The van der Waals surface area contributed by atoms with Crippen LogP contribution < -0.4 is 10.2 Å². The lowest BCUT2D eigenvalue weighted by molar-refractivity contribution is -0.137. The van der Waals surface area contributed by atoms with E-state index in [1.54, 1.807) is 0 Å². The molecule has 4 nitrogen and oxygen atoms in total. The fourth-order valence-corrected chi connectivity index (χ4v) is 3.09. The van der Waals surface area contributed by atoms with Gasteiger partial charge in [0, 0.05) is 50.5 Å². The Morgan fingerprint density at radius 3 is 2.15 bits per heavy atom. The van der Waals surface area contributed by atoms with E-state index in [1.807, 2.05) is 18.2 Å². The first kappa shape index (κ1) is 19.2. The predicted molar refractivity (Wildman–Crippen MR) is 99.8 cm³/mol. The number of halogens is 3. The van der Waals surface area contributed by atoms with E-state index in [1.165, 1.54) is 17.8 Å². The highest BCUT2D eigenvalue weighted by atomic mass is 19.4. The molecule has 0 aromatic heterocycles. The molecule has 1 saturated heterocycles. The summed E-state index contributed by atoms with van der Waals surface area (Å²) in [6.45, 7) is 4.20. The minimum Gasteiger partial charge on any atom is -0.369 e. The van der Waals surface area contributed by atoms with E-state index >= 15 is 0 Å². The van der Waals surface area contributed by atoms with Gasteiger partial charge < -0.3 is 10.2 Å². The number of anilines is 2. The Morgan fingerprint density at radius 1 is 0.926 bits per heavy atom. The fraction of sp³-hybridized carbons (Fsp3) is 0.350. The molecule has 1 heterocycles. The van der Waals surface area contributed by atoms with Gasteiger partial charge in [0.1, 0.15) is 0 Å². The van der Waals surface area contributed by atoms with E-state index in [-0.39, 0.29) is 5.91 Å². The molecule has 0 unspecified atom stereocenters. The van der Waals surface area contributed by atoms with Crippen LogP contribution in [0.5, 0.6) is 0 Å². The van der Waals surface area contributed by atoms with E-state index in [0.29, 0.717) is 18.7 Å². The first-order valence-electron chi connectivity index (χ1n) is 8.91. The minimum atomic E-state index is -4.37. The van der Waals surface area contributed by atoms with Gasteiger partial charge >= 0.3 is 6.18 Å². The highest BCUT2D eigenvalue weighted by Crippen LogP contribution is 2.29. The summed E-state index contributed by atoms with van der Waals surface area (Å²) in [6.07, 6.45) is -4.06. The van der Waals surface area contributed by atoms with Crippen molar-refractivity contribution in [3.63, 3.8) is 0 Å². The number of piperazine rings is 1. The third-order valence-corrected chi connectivity index (χ3v) is 4.64. The van der Waals surface area contributed by atoms with Crippen LogP contribution in [0.3, 0.4) is 0 Å². The van der Waals surface area contributed by atoms with Gasteiger partial charge in [-0.25, -0.2) is 0 Å². The van der Waals surface area contributed by atoms with Crippen molar-refractivity contribution in [1.29, 1.82) is 0 Å². The molecule has 1 amide bonds. The summed E-state index contributed by atoms with van der Waals surface area (Å²) in [5.41, 5.74) is 0.857. The van der Waals surface area contributed by atoms with Crippen LogP contribution in [0.2, 0.25) is 0 Å². The Labute approximate surface area is 156 Å². The molecular formula is C20H22F3N3O. The van der Waals surface area contributed by atoms with Crippen LogP contribution in [0.15, 0.2) is 54.6 Å². The summed E-state index contributed by atoms with van der Waals surface area (Å²) >= 11 is 0. The third-order valence-electron chi connectivity index (χ3n) is 4.64. The van der Waals surface area contributed by atoms with Crippen molar-refractivity contribution < 1.29 is 18.0 Å². The van der Waals surface area contributed by atoms with Gasteiger partial charge in [-0.2, -0.15) is 13.2 Å². The molecule has 0 aliphatic carbocycles. The summed E-state index contributed by atoms with van der Waals surface area (Å²) in [6, 6.07) is 14.7. The highest BCUT2D eigenvalue weighted by molar-refractivity contribution is 5.90. The number of nitrogens with one attached hydrogen (secondary N) is 1. The molecule has 144 valence electrons. The molecule has 0 radical (unpaired) electrons. The number of nitrogens with zero attached hydrogens (tertiary/aromatic N) is 2. The van der Waals surface area contributed by atoms with Crippen molar-refractivity contribution in [2.24, 2.45) is 0 Å². The van der Waals surface area contributed by atoms with Gasteiger partial charge in [0.25, 0.3) is 0 Å². The van der Waals surface area contributed by atoms with E-state index in [9.17, 15) is 18.0 Å². The third kappa shape index (κ3) is 5.47. The summed E-state index contributed by atoms with van der Waals surface area (Å²) < 4.78 is 37.6. The average Bonchev–Trinajstić information content (AvgIpc) is 2.67. The number of rotatable bonds is 5. The predicted octanol–water partition coefficient (Wildman–Crippen LogP) is 3.86. The van der Waals surface area contributed by atoms with Crippen molar-refractivity contribution in [2.45, 2.75) is 12.6 Å². The second-order valence-electron chi connectivity index (χ2n) is 6.54. The lowest BCUT2D eigenvalue weighted by Gasteiger charge is -2.36. The van der Waals surface area contributed by atoms with Crippen LogP contribution in [0.25, 0.3) is 0 Å². The van der Waals surface area contributed by atoms with E-state index < -0.39 is 11.7 Å². The molecule has 0 spiro atoms. The average molecular weight is 377 g/mol. The monoisotopic (exact) mass is 377 g/mol. The molecule has 1 fully saturated rings. The second kappa shape index (κ2) is 8.43. The summed E-state index contributed by atoms with van der Waals surface area (Å²) in [4.78, 5) is 16.6. The molecule has 2 aromatic carbocycles. The summed E-state index contributed by atoms with van der Waals surface area (Å²) in [5.74, 6) is -0.194. The molecule has 2 aromatic rings. The Morgan fingerprint density at radius 2 is 1.56 bits per heavy atom. The molecular weight excluding hydrogens is 355 g/mol. The Kier molecular flexibility index (Phi) is 6.01. The molecule has 1 aliphatic heterocycles. The van der Waals surface area contributed by atoms with Gasteiger partial charge in [0.05, 0.1) is 5.56 Å². The molecule has 3 rings (SSSR count). The van der Waals surface area contributed by atoms with Gasteiger partial charge in [0.2, 0.25) is 5.91 Å². The normalized spacial score (nSPS) is 15.6. The number of alkyl halides is 3. The van der Waals surface area contributed by atoms with E-state index in [4.69, 9.17) is 0 Å². The fourth-order valence-electron chi connectivity index (χ4n) is 3.09. The van der Waals surface area contributed by atoms with Crippen LogP contribution in [-0.2, 0) is 11.0 Å². The highest BCUT2D eigenvalue weighted by Gasteiger charge is 2.30. The van der Waals surface area contributed by atoms with E-state index in [2.05, 4.69) is 27.2 Å². The second-order valence-corrected chi connectivity index (χ2v) is 6.54. The van der Waals surface area contributed by atoms with Crippen LogP contribution in [-0.4, -0.2) is 43.5 Å². The van der Waals surface area contributed by atoms with Crippen molar-refractivity contribution >= 4 is 17.3 Å². The number of amides is 1. The lowest BCUT2D eigenvalue weighted by atomic mass is 10.2. The molecule has 1 N–H and O–H groups in total. The largest absolute Gasteiger partial charge is 0.416 e. The van der Waals surface area contributed by atoms with Crippen LogP contribution in [0.1, 0.15) is 12.0 Å². The maximum Gasteiger partial charge on any atom is 0.416 e. The smallest absolute Gasteiger partial charge is 0.369 e. The number of hydrogen-bond donors (Lipinski definition) is 1. The Balaban J connectivity index is 1.41. The van der Waals surface area contributed by atoms with Gasteiger partial charge in [0.15, 0.2) is 0 Å². The first-order chi connectivity index (χ1) is 12.9. The zero-order valence-corrected chi connectivity index (χ0v) is 14.9. The van der Waals surface area contributed by atoms with Gasteiger partial charge in [-0.3, -0.25) is 9.69 Å². The maximum atomic E-state index is 12.5. The van der Waals surface area contributed by atoms with Crippen molar-refractivity contribution in [2.75, 3.05) is 42.9 Å². The molecule has 1 aliphatic rings. The summed E-state index contributed by atoms with van der Waals surface area (Å²) in [7, 11) is 0. The zero-order valence-electron chi connectivity index (χ0n) is 14.9. The standard InChI is InChI=1S/C20H22F3N3O/c21-20(22,23)16-6-8-17(9-7-16)24-19(27)10-11-25-12-14-26(15-13-25)18-4-2-1-3-5-18/h1-9H,10-15H2,(H,24,27). The molecule has 27 heavy (non-hydrogen) atoms.